The molecule has 0 aromatic heterocycles. The quantitative estimate of drug-likeness (QED) is 0.456. The van der Waals surface area contributed by atoms with Crippen molar-refractivity contribution in [2.24, 2.45) is 5.16 Å². The Bertz CT molecular complexity index is 285. The number of hydrogen-bond donors (Lipinski definition) is 0. The van der Waals surface area contributed by atoms with Crippen molar-refractivity contribution in [3.63, 3.8) is 0 Å². The summed E-state index contributed by atoms with van der Waals surface area (Å²) in [4.78, 5) is 0. The summed E-state index contributed by atoms with van der Waals surface area (Å²) in [5, 5.41) is 11.4. The van der Waals surface area contributed by atoms with Crippen molar-refractivity contribution in [3.8, 4) is 6.07 Å². The molecule has 0 unspecified atom stereocenters. The minimum atomic E-state index is -3.58. The van der Waals surface area contributed by atoms with Crippen LogP contribution in [0.1, 0.15) is 13.3 Å². The van der Waals surface area contributed by atoms with E-state index in [2.05, 4.69) is 9.44 Å². The topological polar surface area (TPSA) is 79.5 Å². The Balaban J connectivity index is 4.26. The third-order valence-corrected chi connectivity index (χ3v) is 1.09. The summed E-state index contributed by atoms with van der Waals surface area (Å²) in [5.74, 6) is 0. The zero-order chi connectivity index (χ0) is 8.91. The van der Waals surface area contributed by atoms with Gasteiger partial charge in [0.1, 0.15) is 6.07 Å². The van der Waals surface area contributed by atoms with E-state index in [0.29, 0.717) is 6.42 Å². The zero-order valence-corrected chi connectivity index (χ0v) is 7.05. The van der Waals surface area contributed by atoms with Crippen molar-refractivity contribution >= 4 is 15.8 Å². The maximum absolute atomic E-state index is 10.3. The highest BCUT2D eigenvalue weighted by atomic mass is 32.2. The molecule has 62 valence electrons. The van der Waals surface area contributed by atoms with Crippen molar-refractivity contribution in [1.29, 1.82) is 5.26 Å². The molecule has 0 saturated carbocycles. The van der Waals surface area contributed by atoms with Crippen molar-refractivity contribution in [2.45, 2.75) is 13.3 Å². The highest BCUT2D eigenvalue weighted by Gasteiger charge is 2.00. The molecule has 0 heterocycles. The summed E-state index contributed by atoms with van der Waals surface area (Å²) in [6.07, 6.45) is 1.22. The van der Waals surface area contributed by atoms with E-state index < -0.39 is 10.1 Å². The van der Waals surface area contributed by atoms with Gasteiger partial charge in [-0.3, -0.25) is 4.28 Å². The molecule has 0 saturated heterocycles. The second kappa shape index (κ2) is 3.93. The van der Waals surface area contributed by atoms with Crippen molar-refractivity contribution in [2.75, 3.05) is 6.26 Å². The summed E-state index contributed by atoms with van der Waals surface area (Å²) in [7, 11) is -3.58. The third-order valence-electron chi connectivity index (χ3n) is 0.747. The van der Waals surface area contributed by atoms with Gasteiger partial charge in [-0.2, -0.15) is 13.7 Å². The smallest absolute Gasteiger partial charge is 0.268 e. The first-order valence-corrected chi connectivity index (χ1v) is 4.67. The predicted octanol–water partition coefficient (Wildman–Crippen LogP) is 0.252. The fourth-order valence-corrected chi connectivity index (χ4v) is 0.502. The Morgan fingerprint density at radius 1 is 1.73 bits per heavy atom. The lowest BCUT2D eigenvalue weighted by molar-refractivity contribution is 0.343. The van der Waals surface area contributed by atoms with Crippen LogP contribution in [0.15, 0.2) is 5.16 Å². The fraction of sp³-hybridized carbons (Fsp3) is 0.600. The molecular weight excluding hydrogens is 168 g/mol. The lowest BCUT2D eigenvalue weighted by Crippen LogP contribution is -2.00. The van der Waals surface area contributed by atoms with E-state index in [1.54, 1.807) is 13.0 Å². The first-order valence-electron chi connectivity index (χ1n) is 2.85. The van der Waals surface area contributed by atoms with Crippen molar-refractivity contribution in [1.82, 2.24) is 0 Å². The van der Waals surface area contributed by atoms with E-state index in [4.69, 9.17) is 5.26 Å². The molecule has 0 rings (SSSR count). The van der Waals surface area contributed by atoms with Gasteiger partial charge in [0.15, 0.2) is 5.71 Å². The number of rotatable bonds is 3. The van der Waals surface area contributed by atoms with Gasteiger partial charge < -0.3 is 0 Å². The average molecular weight is 176 g/mol. The molecule has 0 N–H and O–H groups in total. The van der Waals surface area contributed by atoms with Crippen molar-refractivity contribution < 1.29 is 12.7 Å². The molecule has 0 aliphatic heterocycles. The molecule has 0 atom stereocenters. The first-order chi connectivity index (χ1) is 4.99. The van der Waals surface area contributed by atoms with Gasteiger partial charge in [-0.05, 0) is 0 Å². The van der Waals surface area contributed by atoms with Gasteiger partial charge in [-0.15, -0.1) is 0 Å². The summed E-state index contributed by atoms with van der Waals surface area (Å²) >= 11 is 0. The molecule has 0 amide bonds. The molecule has 0 aliphatic carbocycles. The predicted molar refractivity (Wildman–Crippen MR) is 39.3 cm³/mol. The molecule has 11 heavy (non-hydrogen) atoms. The highest BCUT2D eigenvalue weighted by Crippen LogP contribution is 1.91. The SMILES string of the molecule is CCC(C#N)=NOS(C)(=O)=O. The van der Waals surface area contributed by atoms with Crippen LogP contribution in [-0.4, -0.2) is 20.4 Å². The Labute approximate surface area is 65.4 Å². The first kappa shape index (κ1) is 9.91. The van der Waals surface area contributed by atoms with E-state index in [1.807, 2.05) is 0 Å². The fourth-order valence-electron chi connectivity index (χ4n) is 0.277. The Morgan fingerprint density at radius 3 is 2.55 bits per heavy atom. The van der Waals surface area contributed by atoms with Gasteiger partial charge in [0.25, 0.3) is 0 Å². The second-order valence-electron chi connectivity index (χ2n) is 1.78. The maximum atomic E-state index is 10.3. The minimum Gasteiger partial charge on any atom is -0.268 e. The summed E-state index contributed by atoms with van der Waals surface area (Å²) in [6, 6.07) is 1.68. The molecule has 0 aromatic carbocycles. The monoisotopic (exact) mass is 176 g/mol. The van der Waals surface area contributed by atoms with Crippen LogP contribution in [0.4, 0.5) is 0 Å². The van der Waals surface area contributed by atoms with Crippen LogP contribution in [0.25, 0.3) is 0 Å². The largest absolute Gasteiger partial charge is 0.325 e. The zero-order valence-electron chi connectivity index (χ0n) is 6.23. The average Bonchev–Trinajstić information content (AvgIpc) is 1.88. The van der Waals surface area contributed by atoms with Crippen LogP contribution < -0.4 is 0 Å². The van der Waals surface area contributed by atoms with Crippen LogP contribution in [0, 0.1) is 11.3 Å². The Morgan fingerprint density at radius 2 is 2.27 bits per heavy atom. The molecule has 0 radical (unpaired) electrons. The maximum Gasteiger partial charge on any atom is 0.325 e. The summed E-state index contributed by atoms with van der Waals surface area (Å²) in [5.41, 5.74) is 0.0513. The standard InChI is InChI=1S/C5H8N2O3S/c1-3-5(4-6)7-10-11(2,8)9/h3H2,1-2H3. The molecule has 0 aromatic rings. The summed E-state index contributed by atoms with van der Waals surface area (Å²) in [6.45, 7) is 1.67. The highest BCUT2D eigenvalue weighted by molar-refractivity contribution is 7.85. The van der Waals surface area contributed by atoms with E-state index in [1.165, 1.54) is 0 Å². The van der Waals surface area contributed by atoms with Gasteiger partial charge in [-0.1, -0.05) is 12.1 Å². The molecule has 0 spiro atoms. The summed E-state index contributed by atoms with van der Waals surface area (Å²) < 4.78 is 24.7. The number of hydrogen-bond acceptors (Lipinski definition) is 5. The van der Waals surface area contributed by atoms with Crippen LogP contribution >= 0.6 is 0 Å². The number of nitrogens with zero attached hydrogens (tertiary/aromatic N) is 2. The Hall–Kier alpha value is -1.09. The number of oxime groups is 1. The lowest BCUT2D eigenvalue weighted by atomic mass is 10.3. The second-order valence-corrected chi connectivity index (χ2v) is 3.34. The van der Waals surface area contributed by atoms with Crippen LogP contribution in [0.2, 0.25) is 0 Å². The van der Waals surface area contributed by atoms with Crippen molar-refractivity contribution in [3.05, 3.63) is 0 Å². The van der Waals surface area contributed by atoms with Crippen LogP contribution in [0.5, 0.6) is 0 Å². The molecule has 0 aliphatic rings. The van der Waals surface area contributed by atoms with E-state index >= 15 is 0 Å². The Kier molecular flexibility index (Phi) is 3.54. The van der Waals surface area contributed by atoms with E-state index in [-0.39, 0.29) is 5.71 Å². The molecule has 5 nitrogen and oxygen atoms in total. The normalized spacial score (nSPS) is 12.3. The molecule has 0 fully saturated rings. The third kappa shape index (κ3) is 5.36. The minimum absolute atomic E-state index is 0.0513. The van der Waals surface area contributed by atoms with Crippen LogP contribution in [0.3, 0.4) is 0 Å². The van der Waals surface area contributed by atoms with Gasteiger partial charge in [0.05, 0.1) is 6.26 Å². The van der Waals surface area contributed by atoms with Gasteiger partial charge in [-0.25, -0.2) is 0 Å². The lowest BCUT2D eigenvalue weighted by Gasteiger charge is -1.92. The molecular formula is C5H8N2O3S. The van der Waals surface area contributed by atoms with Gasteiger partial charge >= 0.3 is 10.1 Å². The molecule has 6 heteroatoms. The number of nitriles is 1. The van der Waals surface area contributed by atoms with E-state index in [0.717, 1.165) is 6.26 Å². The van der Waals surface area contributed by atoms with Crippen LogP contribution in [-0.2, 0) is 14.4 Å². The van der Waals surface area contributed by atoms with E-state index in [9.17, 15) is 8.42 Å². The van der Waals surface area contributed by atoms with Gasteiger partial charge in [0, 0.05) is 6.42 Å². The van der Waals surface area contributed by atoms with Gasteiger partial charge in [0.2, 0.25) is 0 Å². The molecule has 0 bridgehead atoms.